The summed E-state index contributed by atoms with van der Waals surface area (Å²) in [7, 11) is 3.46. The SMILES string of the molecule is CN(C)C(=O)CSc1ccccc1C(=O)NCCc1cccs1. The van der Waals surface area contributed by atoms with Gasteiger partial charge in [0.1, 0.15) is 0 Å². The molecule has 1 N–H and O–H groups in total. The van der Waals surface area contributed by atoms with E-state index in [0.29, 0.717) is 17.9 Å². The molecule has 0 bridgehead atoms. The maximum absolute atomic E-state index is 12.4. The zero-order valence-corrected chi connectivity index (χ0v) is 14.9. The summed E-state index contributed by atoms with van der Waals surface area (Å²) < 4.78 is 0. The Morgan fingerprint density at radius 2 is 1.96 bits per heavy atom. The first-order valence-corrected chi connectivity index (χ1v) is 9.17. The van der Waals surface area contributed by atoms with Gasteiger partial charge in [-0.3, -0.25) is 9.59 Å². The van der Waals surface area contributed by atoms with Gasteiger partial charge in [0.2, 0.25) is 5.91 Å². The van der Waals surface area contributed by atoms with Gasteiger partial charge in [-0.25, -0.2) is 0 Å². The molecular formula is C17H20N2O2S2. The third-order valence-corrected chi connectivity index (χ3v) is 5.21. The molecule has 0 atom stereocenters. The van der Waals surface area contributed by atoms with Crippen LogP contribution in [-0.2, 0) is 11.2 Å². The van der Waals surface area contributed by atoms with Crippen molar-refractivity contribution < 1.29 is 9.59 Å². The average Bonchev–Trinajstić information content (AvgIpc) is 3.06. The Kier molecular flexibility index (Phi) is 6.67. The van der Waals surface area contributed by atoms with E-state index in [0.717, 1.165) is 11.3 Å². The molecule has 0 saturated carbocycles. The second kappa shape index (κ2) is 8.74. The lowest BCUT2D eigenvalue weighted by Crippen LogP contribution is -2.26. The van der Waals surface area contributed by atoms with Crippen LogP contribution in [0.4, 0.5) is 0 Å². The lowest BCUT2D eigenvalue weighted by atomic mass is 10.2. The Morgan fingerprint density at radius 3 is 2.65 bits per heavy atom. The normalized spacial score (nSPS) is 10.3. The molecule has 0 fully saturated rings. The van der Waals surface area contributed by atoms with Crippen molar-refractivity contribution >= 4 is 34.9 Å². The molecule has 0 aliphatic rings. The highest BCUT2D eigenvalue weighted by Crippen LogP contribution is 2.22. The smallest absolute Gasteiger partial charge is 0.252 e. The molecule has 1 aromatic carbocycles. The number of rotatable bonds is 7. The van der Waals surface area contributed by atoms with Crippen LogP contribution in [0.15, 0.2) is 46.7 Å². The minimum atomic E-state index is -0.0954. The molecular weight excluding hydrogens is 328 g/mol. The molecule has 6 heteroatoms. The van der Waals surface area contributed by atoms with E-state index in [2.05, 4.69) is 11.4 Å². The number of thioether (sulfide) groups is 1. The van der Waals surface area contributed by atoms with E-state index in [9.17, 15) is 9.59 Å². The summed E-state index contributed by atoms with van der Waals surface area (Å²) in [6.45, 7) is 0.606. The first-order valence-electron chi connectivity index (χ1n) is 7.30. The standard InChI is InChI=1S/C17H20N2O2S2/c1-19(2)16(20)12-23-15-8-4-3-7-14(15)17(21)18-10-9-13-6-5-11-22-13/h3-8,11H,9-10,12H2,1-2H3,(H,18,21). The quantitative estimate of drug-likeness (QED) is 0.783. The van der Waals surface area contributed by atoms with Gasteiger partial charge in [0, 0.05) is 30.4 Å². The second-order valence-electron chi connectivity index (χ2n) is 5.16. The molecule has 1 aromatic heterocycles. The van der Waals surface area contributed by atoms with Gasteiger partial charge in [0.05, 0.1) is 11.3 Å². The number of carbonyl (C=O) groups excluding carboxylic acids is 2. The van der Waals surface area contributed by atoms with Crippen LogP contribution < -0.4 is 5.32 Å². The van der Waals surface area contributed by atoms with E-state index in [1.165, 1.54) is 16.6 Å². The molecule has 0 unspecified atom stereocenters. The molecule has 4 nitrogen and oxygen atoms in total. The Balaban J connectivity index is 1.92. The summed E-state index contributed by atoms with van der Waals surface area (Å²) in [5.74, 6) is 0.261. The van der Waals surface area contributed by atoms with Gasteiger partial charge in [-0.05, 0) is 30.0 Å². The summed E-state index contributed by atoms with van der Waals surface area (Å²) in [5, 5.41) is 4.98. The van der Waals surface area contributed by atoms with Crippen molar-refractivity contribution in [1.29, 1.82) is 0 Å². The van der Waals surface area contributed by atoms with Gasteiger partial charge in [-0.1, -0.05) is 18.2 Å². The van der Waals surface area contributed by atoms with E-state index in [4.69, 9.17) is 0 Å². The van der Waals surface area contributed by atoms with Crippen LogP contribution in [-0.4, -0.2) is 43.1 Å². The molecule has 2 aromatic rings. The average molecular weight is 348 g/mol. The van der Waals surface area contributed by atoms with E-state index in [1.807, 2.05) is 29.6 Å². The maximum atomic E-state index is 12.4. The zero-order chi connectivity index (χ0) is 16.7. The highest BCUT2D eigenvalue weighted by Gasteiger charge is 2.13. The summed E-state index contributed by atoms with van der Waals surface area (Å²) in [5.41, 5.74) is 0.621. The third kappa shape index (κ3) is 5.41. The fraction of sp³-hybridized carbons (Fsp3) is 0.294. The summed E-state index contributed by atoms with van der Waals surface area (Å²) in [6.07, 6.45) is 0.831. The van der Waals surface area contributed by atoms with Crippen LogP contribution in [0.1, 0.15) is 15.2 Å². The Bertz CT molecular complexity index is 654. The minimum Gasteiger partial charge on any atom is -0.352 e. The van der Waals surface area contributed by atoms with Crippen LogP contribution in [0, 0.1) is 0 Å². The lowest BCUT2D eigenvalue weighted by molar-refractivity contribution is -0.125. The molecule has 23 heavy (non-hydrogen) atoms. The van der Waals surface area contributed by atoms with E-state index < -0.39 is 0 Å². The summed E-state index contributed by atoms with van der Waals surface area (Å²) in [6, 6.07) is 11.5. The monoisotopic (exact) mass is 348 g/mol. The Labute approximate surface area is 144 Å². The van der Waals surface area contributed by atoms with E-state index in [1.54, 1.807) is 36.4 Å². The fourth-order valence-corrected chi connectivity index (χ4v) is 3.64. The first-order chi connectivity index (χ1) is 11.1. The van der Waals surface area contributed by atoms with Crippen LogP contribution in [0.5, 0.6) is 0 Å². The number of benzene rings is 1. The number of hydrogen-bond acceptors (Lipinski definition) is 4. The second-order valence-corrected chi connectivity index (χ2v) is 7.21. The predicted molar refractivity (Wildman–Crippen MR) is 96.2 cm³/mol. The zero-order valence-electron chi connectivity index (χ0n) is 13.2. The number of hydrogen-bond donors (Lipinski definition) is 1. The van der Waals surface area contributed by atoms with Gasteiger partial charge >= 0.3 is 0 Å². The van der Waals surface area contributed by atoms with Crippen molar-refractivity contribution in [2.45, 2.75) is 11.3 Å². The first kappa shape index (κ1) is 17.6. The molecule has 0 aliphatic carbocycles. The van der Waals surface area contributed by atoms with Crippen molar-refractivity contribution in [2.75, 3.05) is 26.4 Å². The van der Waals surface area contributed by atoms with Crippen LogP contribution >= 0.6 is 23.1 Å². The van der Waals surface area contributed by atoms with Gasteiger partial charge < -0.3 is 10.2 Å². The number of amides is 2. The Hall–Kier alpha value is -1.79. The predicted octanol–water partition coefficient (Wildman–Crippen LogP) is 2.90. The molecule has 2 amide bonds. The van der Waals surface area contributed by atoms with E-state index in [-0.39, 0.29) is 11.8 Å². The fourth-order valence-electron chi connectivity index (χ4n) is 1.90. The molecule has 1 heterocycles. The van der Waals surface area contributed by atoms with Crippen molar-refractivity contribution in [3.8, 4) is 0 Å². The third-order valence-electron chi connectivity index (χ3n) is 3.22. The molecule has 2 rings (SSSR count). The van der Waals surface area contributed by atoms with Crippen molar-refractivity contribution in [1.82, 2.24) is 10.2 Å². The largest absolute Gasteiger partial charge is 0.352 e. The van der Waals surface area contributed by atoms with Crippen LogP contribution in [0.2, 0.25) is 0 Å². The summed E-state index contributed by atoms with van der Waals surface area (Å²) in [4.78, 5) is 27.7. The van der Waals surface area contributed by atoms with E-state index >= 15 is 0 Å². The van der Waals surface area contributed by atoms with Gasteiger partial charge in [-0.15, -0.1) is 23.1 Å². The summed E-state index contributed by atoms with van der Waals surface area (Å²) >= 11 is 3.08. The van der Waals surface area contributed by atoms with Crippen molar-refractivity contribution in [3.05, 3.63) is 52.2 Å². The molecule has 0 saturated heterocycles. The van der Waals surface area contributed by atoms with Crippen molar-refractivity contribution in [2.24, 2.45) is 0 Å². The lowest BCUT2D eigenvalue weighted by Gasteiger charge is -2.12. The Morgan fingerprint density at radius 1 is 1.17 bits per heavy atom. The molecule has 122 valence electrons. The highest BCUT2D eigenvalue weighted by atomic mass is 32.2. The van der Waals surface area contributed by atoms with Gasteiger partial charge in [0.15, 0.2) is 0 Å². The minimum absolute atomic E-state index is 0.0305. The topological polar surface area (TPSA) is 49.4 Å². The highest BCUT2D eigenvalue weighted by molar-refractivity contribution is 8.00. The number of carbonyl (C=O) groups is 2. The molecule has 0 aliphatic heterocycles. The number of nitrogens with one attached hydrogen (secondary N) is 1. The van der Waals surface area contributed by atoms with Gasteiger partial charge in [-0.2, -0.15) is 0 Å². The number of thiophene rings is 1. The van der Waals surface area contributed by atoms with Crippen LogP contribution in [0.3, 0.4) is 0 Å². The maximum Gasteiger partial charge on any atom is 0.252 e. The molecule has 0 spiro atoms. The molecule has 0 radical (unpaired) electrons. The van der Waals surface area contributed by atoms with Crippen molar-refractivity contribution in [3.63, 3.8) is 0 Å². The number of nitrogens with zero attached hydrogens (tertiary/aromatic N) is 1. The van der Waals surface area contributed by atoms with Gasteiger partial charge in [0.25, 0.3) is 5.91 Å². The van der Waals surface area contributed by atoms with Crippen LogP contribution in [0.25, 0.3) is 0 Å².